The van der Waals surface area contributed by atoms with E-state index in [9.17, 15) is 3.89 Å². The summed E-state index contributed by atoms with van der Waals surface area (Å²) in [5.41, 5.74) is 2.61. The number of halogens is 1. The molecule has 1 unspecified atom stereocenters. The fourth-order valence-corrected chi connectivity index (χ4v) is 2.02. The van der Waals surface area contributed by atoms with E-state index in [2.05, 4.69) is 11.6 Å². The number of hydrogen-bond acceptors (Lipinski definition) is 4. The maximum Gasteiger partial charge on any atom is 0.0888 e. The molecule has 0 spiro atoms. The molecule has 1 aromatic rings. The molecule has 0 radical (unpaired) electrons. The zero-order valence-electron chi connectivity index (χ0n) is 11.6. The van der Waals surface area contributed by atoms with Crippen molar-refractivity contribution < 1.29 is 13.7 Å². The second kappa shape index (κ2) is 9.69. The van der Waals surface area contributed by atoms with Gasteiger partial charge in [0.2, 0.25) is 0 Å². The molecular formula is C15H20FNO2S. The molecule has 3 nitrogen and oxygen atoms in total. The lowest BCUT2D eigenvalue weighted by molar-refractivity contribution is 0.0693. The molecule has 1 rings (SSSR count). The zero-order valence-corrected chi connectivity index (χ0v) is 12.4. The summed E-state index contributed by atoms with van der Waals surface area (Å²) in [6.07, 6.45) is 5.59. The first-order valence-corrected chi connectivity index (χ1v) is 7.30. The van der Waals surface area contributed by atoms with E-state index in [1.54, 1.807) is 6.08 Å². The van der Waals surface area contributed by atoms with Gasteiger partial charge >= 0.3 is 0 Å². The van der Waals surface area contributed by atoms with Crippen molar-refractivity contribution >= 4 is 24.3 Å². The lowest BCUT2D eigenvalue weighted by atomic mass is 10.1. The van der Waals surface area contributed by atoms with Crippen LogP contribution in [0.15, 0.2) is 24.8 Å². The molecule has 110 valence electrons. The van der Waals surface area contributed by atoms with Gasteiger partial charge in [0.05, 0.1) is 24.6 Å². The van der Waals surface area contributed by atoms with Crippen LogP contribution in [0.4, 0.5) is 3.89 Å². The van der Waals surface area contributed by atoms with Crippen molar-refractivity contribution in [3.8, 4) is 0 Å². The summed E-state index contributed by atoms with van der Waals surface area (Å²) < 4.78 is 17.6. The van der Waals surface area contributed by atoms with E-state index in [4.69, 9.17) is 9.84 Å². The molecule has 0 saturated carbocycles. The number of aromatic nitrogens is 1. The van der Waals surface area contributed by atoms with Gasteiger partial charge in [-0.15, -0.1) is 0 Å². The maximum absolute atomic E-state index is 12.1. The third kappa shape index (κ3) is 5.45. The number of aliphatic hydroxyl groups is 1. The molecule has 1 aromatic heterocycles. The van der Waals surface area contributed by atoms with Crippen molar-refractivity contribution in [3.63, 3.8) is 0 Å². The van der Waals surface area contributed by atoms with Gasteiger partial charge in [-0.1, -0.05) is 24.8 Å². The minimum atomic E-state index is -0.188. The monoisotopic (exact) mass is 297 g/mol. The van der Waals surface area contributed by atoms with E-state index in [0.29, 0.717) is 13.2 Å². The Morgan fingerprint density at radius 2 is 2.35 bits per heavy atom. The first-order valence-electron chi connectivity index (χ1n) is 6.42. The highest BCUT2D eigenvalue weighted by atomic mass is 32.2. The maximum atomic E-state index is 12.1. The van der Waals surface area contributed by atoms with E-state index in [1.165, 1.54) is 0 Å². The number of aliphatic hydroxyl groups excluding tert-OH is 1. The molecule has 0 aliphatic rings. The Kier molecular flexibility index (Phi) is 8.18. The van der Waals surface area contributed by atoms with Gasteiger partial charge in [0, 0.05) is 30.4 Å². The van der Waals surface area contributed by atoms with Crippen molar-refractivity contribution in [2.45, 2.75) is 13.5 Å². The van der Waals surface area contributed by atoms with Crippen molar-refractivity contribution in [3.05, 3.63) is 41.7 Å². The lowest BCUT2D eigenvalue weighted by Gasteiger charge is -2.12. The van der Waals surface area contributed by atoms with Crippen molar-refractivity contribution in [1.82, 2.24) is 4.98 Å². The smallest absolute Gasteiger partial charge is 0.0888 e. The summed E-state index contributed by atoms with van der Waals surface area (Å²) in [4.78, 5) is 4.48. The van der Waals surface area contributed by atoms with E-state index in [1.807, 2.05) is 31.2 Å². The van der Waals surface area contributed by atoms with Gasteiger partial charge in [-0.2, -0.15) is 3.89 Å². The van der Waals surface area contributed by atoms with E-state index < -0.39 is 0 Å². The second-order valence-corrected chi connectivity index (χ2v) is 4.87. The molecular weight excluding hydrogens is 277 g/mol. The molecule has 5 heteroatoms. The summed E-state index contributed by atoms with van der Waals surface area (Å²) in [7, 11) is 0. The number of pyridine rings is 1. The van der Waals surface area contributed by atoms with Crippen LogP contribution >= 0.6 is 12.1 Å². The third-order valence-electron chi connectivity index (χ3n) is 2.72. The Bertz CT molecular complexity index is 451. The predicted molar refractivity (Wildman–Crippen MR) is 82.8 cm³/mol. The van der Waals surface area contributed by atoms with Crippen LogP contribution in [0, 0.1) is 5.92 Å². The van der Waals surface area contributed by atoms with Crippen LogP contribution in [0.1, 0.15) is 23.9 Å². The minimum Gasteiger partial charge on any atom is -0.396 e. The van der Waals surface area contributed by atoms with Gasteiger partial charge in [0.25, 0.3) is 0 Å². The molecule has 0 fully saturated rings. The summed E-state index contributed by atoms with van der Waals surface area (Å²) >= 11 is 0.219. The number of hydrogen-bond donors (Lipinski definition) is 1. The molecule has 1 heterocycles. The number of rotatable bonds is 9. The van der Waals surface area contributed by atoms with Gasteiger partial charge in [0.1, 0.15) is 0 Å². The predicted octanol–water partition coefficient (Wildman–Crippen LogP) is 3.50. The summed E-state index contributed by atoms with van der Waals surface area (Å²) in [6, 6.07) is 3.82. The summed E-state index contributed by atoms with van der Waals surface area (Å²) in [5, 5.41) is 9.04. The molecule has 1 N–H and O–H groups in total. The standard InChI is InChI=1S/C15H20FNO2S/c1-3-5-15-13(4-2)6-7-14(17-15)10-19-9-12(8-18)11-20-16/h3-7,12,18H,2,8-11H2,1H3/b5-3-. The van der Waals surface area contributed by atoms with Crippen LogP contribution in [0.5, 0.6) is 0 Å². The topological polar surface area (TPSA) is 42.4 Å². The van der Waals surface area contributed by atoms with Crippen molar-refractivity contribution in [2.24, 2.45) is 5.92 Å². The number of nitrogens with zero attached hydrogens (tertiary/aromatic N) is 1. The summed E-state index contributed by atoms with van der Waals surface area (Å²) in [6.45, 7) is 6.26. The quantitative estimate of drug-likeness (QED) is 0.757. The Hall–Kier alpha value is -1.17. The van der Waals surface area contributed by atoms with Crippen LogP contribution in [-0.4, -0.2) is 29.1 Å². The third-order valence-corrected chi connectivity index (χ3v) is 3.32. The summed E-state index contributed by atoms with van der Waals surface area (Å²) in [5.74, 6) is 0.0517. The lowest BCUT2D eigenvalue weighted by Crippen LogP contribution is -2.16. The average molecular weight is 297 g/mol. The van der Waals surface area contributed by atoms with Crippen LogP contribution in [0.2, 0.25) is 0 Å². The normalized spacial score (nSPS) is 12.8. The van der Waals surface area contributed by atoms with Crippen LogP contribution in [0.3, 0.4) is 0 Å². The molecule has 0 saturated heterocycles. The first-order chi connectivity index (χ1) is 9.74. The van der Waals surface area contributed by atoms with Crippen LogP contribution < -0.4 is 0 Å². The van der Waals surface area contributed by atoms with E-state index in [0.717, 1.165) is 17.0 Å². The fraction of sp³-hybridized carbons (Fsp3) is 0.400. The van der Waals surface area contributed by atoms with Crippen molar-refractivity contribution in [2.75, 3.05) is 19.0 Å². The van der Waals surface area contributed by atoms with Gasteiger partial charge in [-0.3, -0.25) is 4.98 Å². The highest BCUT2D eigenvalue weighted by Gasteiger charge is 2.09. The Balaban J connectivity index is 2.60. The molecule has 0 aromatic carbocycles. The minimum absolute atomic E-state index is 0.0798. The van der Waals surface area contributed by atoms with Crippen molar-refractivity contribution in [1.29, 1.82) is 0 Å². The first kappa shape index (κ1) is 16.9. The Morgan fingerprint density at radius 3 is 2.95 bits per heavy atom. The molecule has 0 bridgehead atoms. The highest BCUT2D eigenvalue weighted by molar-refractivity contribution is 7.94. The van der Waals surface area contributed by atoms with Gasteiger partial charge in [0.15, 0.2) is 0 Å². The second-order valence-electron chi connectivity index (χ2n) is 4.32. The van der Waals surface area contributed by atoms with E-state index >= 15 is 0 Å². The Morgan fingerprint density at radius 1 is 1.55 bits per heavy atom. The largest absolute Gasteiger partial charge is 0.396 e. The number of ether oxygens (including phenoxy) is 1. The van der Waals surface area contributed by atoms with Crippen LogP contribution in [0.25, 0.3) is 12.2 Å². The molecule has 20 heavy (non-hydrogen) atoms. The fourth-order valence-electron chi connectivity index (χ4n) is 1.65. The van der Waals surface area contributed by atoms with E-state index in [-0.39, 0.29) is 30.4 Å². The highest BCUT2D eigenvalue weighted by Crippen LogP contribution is 2.13. The van der Waals surface area contributed by atoms with Crippen LogP contribution in [-0.2, 0) is 11.3 Å². The molecule has 0 aliphatic heterocycles. The Labute approximate surface area is 123 Å². The average Bonchev–Trinajstić information content (AvgIpc) is 2.47. The zero-order chi connectivity index (χ0) is 14.8. The molecule has 0 amide bonds. The van der Waals surface area contributed by atoms with Gasteiger partial charge in [-0.05, 0) is 24.6 Å². The SMILES string of the molecule is C=Cc1ccc(COCC(CO)CSF)nc1/C=C\C. The van der Waals surface area contributed by atoms with Gasteiger partial charge < -0.3 is 9.84 Å². The molecule has 0 aliphatic carbocycles. The van der Waals surface area contributed by atoms with Gasteiger partial charge in [-0.25, -0.2) is 0 Å². The molecule has 1 atom stereocenters. The number of allylic oxidation sites excluding steroid dienone is 1.